The van der Waals surface area contributed by atoms with Crippen molar-refractivity contribution in [3.05, 3.63) is 30.4 Å². The molecule has 1 aliphatic rings. The number of hydrogen-bond acceptors (Lipinski definition) is 5. The van der Waals surface area contributed by atoms with Gasteiger partial charge < -0.3 is 10.1 Å². The summed E-state index contributed by atoms with van der Waals surface area (Å²) in [6.45, 7) is 0.976. The van der Waals surface area contributed by atoms with Crippen LogP contribution in [0.25, 0.3) is 11.4 Å². The summed E-state index contributed by atoms with van der Waals surface area (Å²) in [6.07, 6.45) is 4.77. The molecule has 0 saturated carbocycles. The Kier molecular flexibility index (Phi) is 3.69. The van der Waals surface area contributed by atoms with E-state index in [4.69, 9.17) is 4.74 Å². The molecule has 104 valence electrons. The highest BCUT2D eigenvalue weighted by Crippen LogP contribution is 2.13. The van der Waals surface area contributed by atoms with Gasteiger partial charge in [0.05, 0.1) is 6.54 Å². The van der Waals surface area contributed by atoms with E-state index in [0.29, 0.717) is 24.8 Å². The molecule has 0 aromatic carbocycles. The maximum absolute atomic E-state index is 11.8. The standard InChI is InChI=1S/C13H15N5O2/c19-13(10-2-1-7-20-10)15-8-11-16-12(18-17-11)9-3-5-14-6-4-9/h3-6,10H,1-2,7-8H2,(H,15,19)(H,16,17,18). The molecule has 1 fully saturated rings. The lowest BCUT2D eigenvalue weighted by Crippen LogP contribution is -2.33. The number of aromatic nitrogens is 4. The van der Waals surface area contributed by atoms with Crippen molar-refractivity contribution in [3.8, 4) is 11.4 Å². The number of aromatic amines is 1. The van der Waals surface area contributed by atoms with Gasteiger partial charge >= 0.3 is 0 Å². The molecule has 3 rings (SSSR count). The maximum Gasteiger partial charge on any atom is 0.249 e. The van der Waals surface area contributed by atoms with Gasteiger partial charge in [0.15, 0.2) is 5.82 Å². The van der Waals surface area contributed by atoms with E-state index in [1.807, 2.05) is 12.1 Å². The van der Waals surface area contributed by atoms with Gasteiger partial charge in [-0.1, -0.05) is 0 Å². The highest BCUT2D eigenvalue weighted by Gasteiger charge is 2.23. The van der Waals surface area contributed by atoms with Gasteiger partial charge in [-0.3, -0.25) is 14.9 Å². The van der Waals surface area contributed by atoms with Crippen LogP contribution in [0.1, 0.15) is 18.7 Å². The van der Waals surface area contributed by atoms with Crippen LogP contribution in [0.15, 0.2) is 24.5 Å². The van der Waals surface area contributed by atoms with E-state index in [1.165, 1.54) is 0 Å². The summed E-state index contributed by atoms with van der Waals surface area (Å²) in [6, 6.07) is 3.66. The SMILES string of the molecule is O=C(NCc1nc(-c2ccncc2)n[nH]1)C1CCCO1. The Morgan fingerprint density at radius 2 is 2.30 bits per heavy atom. The first-order chi connectivity index (χ1) is 9.83. The number of nitrogens with zero attached hydrogens (tertiary/aromatic N) is 3. The van der Waals surface area contributed by atoms with Crippen molar-refractivity contribution in [3.63, 3.8) is 0 Å². The van der Waals surface area contributed by atoms with E-state index in [-0.39, 0.29) is 12.0 Å². The van der Waals surface area contributed by atoms with Crippen molar-refractivity contribution in [1.29, 1.82) is 0 Å². The molecule has 1 saturated heterocycles. The maximum atomic E-state index is 11.8. The highest BCUT2D eigenvalue weighted by atomic mass is 16.5. The van der Waals surface area contributed by atoms with E-state index in [0.717, 1.165) is 18.4 Å². The zero-order valence-corrected chi connectivity index (χ0v) is 10.9. The van der Waals surface area contributed by atoms with Crippen molar-refractivity contribution in [2.75, 3.05) is 6.61 Å². The summed E-state index contributed by atoms with van der Waals surface area (Å²) >= 11 is 0. The van der Waals surface area contributed by atoms with Crippen molar-refractivity contribution < 1.29 is 9.53 Å². The Bertz CT molecular complexity index is 577. The lowest BCUT2D eigenvalue weighted by molar-refractivity contribution is -0.130. The molecule has 1 amide bonds. The second kappa shape index (κ2) is 5.79. The van der Waals surface area contributed by atoms with Crippen molar-refractivity contribution in [1.82, 2.24) is 25.5 Å². The average Bonchev–Trinajstić information content (AvgIpc) is 3.17. The molecule has 3 heterocycles. The molecule has 0 spiro atoms. The van der Waals surface area contributed by atoms with E-state index in [2.05, 4.69) is 25.5 Å². The molecular weight excluding hydrogens is 258 g/mol. The van der Waals surface area contributed by atoms with Crippen LogP contribution in [0, 0.1) is 0 Å². The second-order valence-electron chi connectivity index (χ2n) is 4.56. The first kappa shape index (κ1) is 12.7. The molecule has 2 aromatic rings. The number of H-pyrrole nitrogens is 1. The number of nitrogens with one attached hydrogen (secondary N) is 2. The van der Waals surface area contributed by atoms with Gasteiger partial charge in [-0.15, -0.1) is 0 Å². The summed E-state index contributed by atoms with van der Waals surface area (Å²) in [5.74, 6) is 1.11. The monoisotopic (exact) mass is 273 g/mol. The van der Waals surface area contributed by atoms with E-state index < -0.39 is 0 Å². The Morgan fingerprint density at radius 3 is 3.05 bits per heavy atom. The third-order valence-electron chi connectivity index (χ3n) is 3.12. The fourth-order valence-corrected chi connectivity index (χ4v) is 2.07. The fraction of sp³-hybridized carbons (Fsp3) is 0.385. The minimum atomic E-state index is -0.322. The Balaban J connectivity index is 1.59. The van der Waals surface area contributed by atoms with Gasteiger partial charge in [-0.05, 0) is 25.0 Å². The Labute approximate surface area is 115 Å². The highest BCUT2D eigenvalue weighted by molar-refractivity contribution is 5.80. The number of rotatable bonds is 4. The van der Waals surface area contributed by atoms with Gasteiger partial charge in [-0.2, -0.15) is 5.10 Å². The van der Waals surface area contributed by atoms with E-state index in [9.17, 15) is 4.79 Å². The molecule has 2 aromatic heterocycles. The third-order valence-corrected chi connectivity index (χ3v) is 3.12. The topological polar surface area (TPSA) is 92.8 Å². The number of carbonyl (C=O) groups excluding carboxylic acids is 1. The smallest absolute Gasteiger partial charge is 0.249 e. The first-order valence-electron chi connectivity index (χ1n) is 6.54. The van der Waals surface area contributed by atoms with Gasteiger partial charge in [0.1, 0.15) is 11.9 Å². The summed E-state index contributed by atoms with van der Waals surface area (Å²) in [5, 5.41) is 9.72. The third kappa shape index (κ3) is 2.83. The molecule has 0 aliphatic carbocycles. The minimum Gasteiger partial charge on any atom is -0.368 e. The van der Waals surface area contributed by atoms with Crippen molar-refractivity contribution in [2.45, 2.75) is 25.5 Å². The summed E-state index contributed by atoms with van der Waals surface area (Å²) in [4.78, 5) is 20.1. The molecule has 7 heteroatoms. The van der Waals surface area contributed by atoms with Crippen LogP contribution in [-0.4, -0.2) is 38.8 Å². The Morgan fingerprint density at radius 1 is 1.45 bits per heavy atom. The first-order valence-corrected chi connectivity index (χ1v) is 6.54. The van der Waals surface area contributed by atoms with Crippen LogP contribution in [0.3, 0.4) is 0 Å². The Hall–Kier alpha value is -2.28. The van der Waals surface area contributed by atoms with E-state index >= 15 is 0 Å². The van der Waals surface area contributed by atoms with Gasteiger partial charge in [0.2, 0.25) is 5.91 Å². The largest absolute Gasteiger partial charge is 0.368 e. The van der Waals surface area contributed by atoms with Crippen LogP contribution < -0.4 is 5.32 Å². The van der Waals surface area contributed by atoms with Crippen molar-refractivity contribution >= 4 is 5.91 Å². The normalized spacial score (nSPS) is 18.1. The number of amides is 1. The molecule has 20 heavy (non-hydrogen) atoms. The molecule has 1 unspecified atom stereocenters. The molecule has 7 nitrogen and oxygen atoms in total. The zero-order valence-electron chi connectivity index (χ0n) is 10.9. The lowest BCUT2D eigenvalue weighted by atomic mass is 10.2. The van der Waals surface area contributed by atoms with Crippen LogP contribution in [0.5, 0.6) is 0 Å². The number of pyridine rings is 1. The minimum absolute atomic E-state index is 0.0932. The predicted octanol–water partition coefficient (Wildman–Crippen LogP) is 0.662. The summed E-state index contributed by atoms with van der Waals surface area (Å²) in [7, 11) is 0. The second-order valence-corrected chi connectivity index (χ2v) is 4.56. The lowest BCUT2D eigenvalue weighted by Gasteiger charge is -2.08. The fourth-order valence-electron chi connectivity index (χ4n) is 2.07. The van der Waals surface area contributed by atoms with Crippen LogP contribution in [0.2, 0.25) is 0 Å². The molecule has 2 N–H and O–H groups in total. The predicted molar refractivity (Wildman–Crippen MR) is 70.4 cm³/mol. The van der Waals surface area contributed by atoms with Crippen molar-refractivity contribution in [2.24, 2.45) is 0 Å². The van der Waals surface area contributed by atoms with Crippen LogP contribution >= 0.6 is 0 Å². The summed E-state index contributed by atoms with van der Waals surface area (Å²) in [5.41, 5.74) is 0.882. The van der Waals surface area contributed by atoms with Crippen LogP contribution in [-0.2, 0) is 16.1 Å². The summed E-state index contributed by atoms with van der Waals surface area (Å²) < 4.78 is 5.31. The van der Waals surface area contributed by atoms with Crippen LogP contribution in [0.4, 0.5) is 0 Å². The van der Waals surface area contributed by atoms with Gasteiger partial charge in [0, 0.05) is 24.6 Å². The molecule has 0 radical (unpaired) electrons. The molecule has 0 bridgehead atoms. The molecule has 1 aliphatic heterocycles. The van der Waals surface area contributed by atoms with E-state index in [1.54, 1.807) is 12.4 Å². The number of carbonyl (C=O) groups is 1. The van der Waals surface area contributed by atoms with Gasteiger partial charge in [0.25, 0.3) is 0 Å². The molecular formula is C13H15N5O2. The number of ether oxygens (including phenoxy) is 1. The quantitative estimate of drug-likeness (QED) is 0.853. The zero-order chi connectivity index (χ0) is 13.8. The molecule has 1 atom stereocenters. The number of hydrogen-bond donors (Lipinski definition) is 2. The van der Waals surface area contributed by atoms with Gasteiger partial charge in [-0.25, -0.2) is 4.98 Å². The average molecular weight is 273 g/mol.